The van der Waals surface area contributed by atoms with Crippen LogP contribution in [0.3, 0.4) is 0 Å². The zero-order valence-corrected chi connectivity index (χ0v) is 13.9. The molecule has 0 unspecified atom stereocenters. The van der Waals surface area contributed by atoms with Crippen LogP contribution in [0.4, 0.5) is 0 Å². The highest BCUT2D eigenvalue weighted by Gasteiger charge is 2.24. The van der Waals surface area contributed by atoms with Crippen LogP contribution < -0.4 is 15.4 Å². The van der Waals surface area contributed by atoms with Crippen LogP contribution in [0.5, 0.6) is 5.75 Å². The Kier molecular flexibility index (Phi) is 4.56. The van der Waals surface area contributed by atoms with Crippen molar-refractivity contribution in [2.75, 3.05) is 13.1 Å². The number of benzene rings is 1. The number of hydrogen-bond acceptors (Lipinski definition) is 3. The highest BCUT2D eigenvalue weighted by atomic mass is 16.5. The molecule has 1 heterocycles. The van der Waals surface area contributed by atoms with Gasteiger partial charge in [0.25, 0.3) is 0 Å². The third-order valence-electron chi connectivity index (χ3n) is 5.45. The minimum Gasteiger partial charge on any atom is -0.490 e. The van der Waals surface area contributed by atoms with Crippen LogP contribution in [-0.4, -0.2) is 19.2 Å². The van der Waals surface area contributed by atoms with E-state index in [2.05, 4.69) is 34.9 Å². The van der Waals surface area contributed by atoms with E-state index >= 15 is 0 Å². The Hall–Kier alpha value is -1.48. The zero-order chi connectivity index (χ0) is 15.5. The van der Waals surface area contributed by atoms with Crippen LogP contribution in [0, 0.1) is 11.8 Å². The molecule has 0 bridgehead atoms. The van der Waals surface area contributed by atoms with Crippen molar-refractivity contribution >= 4 is 6.08 Å². The zero-order valence-electron chi connectivity index (χ0n) is 13.9. The summed E-state index contributed by atoms with van der Waals surface area (Å²) >= 11 is 0. The number of ether oxygens (including phenoxy) is 1. The first-order chi connectivity index (χ1) is 11.4. The van der Waals surface area contributed by atoms with E-state index in [1.807, 2.05) is 6.20 Å². The first-order valence-electron chi connectivity index (χ1n) is 9.27. The standard InChI is InChI=1S/C20H28N2O/c1-2-15(1)12-22-13-16-3-6-19(7-4-16)23-20-8-5-18-14-21-10-9-17(18)11-20/h5,8-11,15-16,19,21-22H,1-4,6-7,12-14H2. The lowest BCUT2D eigenvalue weighted by Gasteiger charge is -2.29. The van der Waals surface area contributed by atoms with E-state index in [4.69, 9.17) is 4.74 Å². The molecule has 0 amide bonds. The van der Waals surface area contributed by atoms with Gasteiger partial charge in [0.1, 0.15) is 5.75 Å². The molecule has 1 aromatic rings. The summed E-state index contributed by atoms with van der Waals surface area (Å²) in [7, 11) is 0. The molecule has 0 spiro atoms. The average Bonchev–Trinajstić information content (AvgIpc) is 3.41. The van der Waals surface area contributed by atoms with Gasteiger partial charge >= 0.3 is 0 Å². The Balaban J connectivity index is 1.23. The van der Waals surface area contributed by atoms with Crippen LogP contribution in [0.2, 0.25) is 0 Å². The molecule has 1 aliphatic heterocycles. The SMILES string of the molecule is C1=Cc2cc(OC3CCC(CNCC4CC4)CC3)ccc2CN1. The second-order valence-corrected chi connectivity index (χ2v) is 7.44. The second kappa shape index (κ2) is 6.96. The van der Waals surface area contributed by atoms with E-state index < -0.39 is 0 Å². The summed E-state index contributed by atoms with van der Waals surface area (Å²) in [4.78, 5) is 0. The summed E-state index contributed by atoms with van der Waals surface area (Å²) in [5.74, 6) is 2.87. The van der Waals surface area contributed by atoms with E-state index in [9.17, 15) is 0 Å². The number of hydrogen-bond donors (Lipinski definition) is 2. The molecule has 2 fully saturated rings. The Bertz CT molecular complexity index is 557. The maximum atomic E-state index is 6.25. The molecule has 3 aliphatic rings. The Morgan fingerprint density at radius 3 is 2.48 bits per heavy atom. The van der Waals surface area contributed by atoms with Crippen molar-refractivity contribution < 1.29 is 4.74 Å². The lowest BCUT2D eigenvalue weighted by molar-refractivity contribution is 0.130. The summed E-state index contributed by atoms with van der Waals surface area (Å²) in [6.07, 6.45) is 12.4. The number of nitrogens with one attached hydrogen (secondary N) is 2. The van der Waals surface area contributed by atoms with Gasteiger partial charge in [0.15, 0.2) is 0 Å². The van der Waals surface area contributed by atoms with Gasteiger partial charge < -0.3 is 15.4 Å². The predicted molar refractivity (Wildman–Crippen MR) is 94.3 cm³/mol. The highest BCUT2D eigenvalue weighted by Crippen LogP contribution is 2.30. The summed E-state index contributed by atoms with van der Waals surface area (Å²) in [6.45, 7) is 3.37. The van der Waals surface area contributed by atoms with Crippen molar-refractivity contribution in [1.29, 1.82) is 0 Å². The Morgan fingerprint density at radius 2 is 1.74 bits per heavy atom. The molecule has 1 aromatic carbocycles. The van der Waals surface area contributed by atoms with Gasteiger partial charge in [0.05, 0.1) is 6.10 Å². The van der Waals surface area contributed by atoms with Crippen LogP contribution in [0.15, 0.2) is 24.4 Å². The molecule has 3 nitrogen and oxygen atoms in total. The third-order valence-corrected chi connectivity index (χ3v) is 5.45. The molecular formula is C20H28N2O. The quantitative estimate of drug-likeness (QED) is 0.840. The van der Waals surface area contributed by atoms with Crippen molar-refractivity contribution in [3.05, 3.63) is 35.5 Å². The fourth-order valence-electron chi connectivity index (χ4n) is 3.74. The van der Waals surface area contributed by atoms with Crippen molar-refractivity contribution in [3.8, 4) is 5.75 Å². The summed E-state index contributed by atoms with van der Waals surface area (Å²) in [6, 6.07) is 6.51. The molecule has 2 aliphatic carbocycles. The molecule has 2 saturated carbocycles. The van der Waals surface area contributed by atoms with E-state index in [0.717, 1.165) is 24.1 Å². The molecule has 3 heteroatoms. The maximum absolute atomic E-state index is 6.25. The first kappa shape index (κ1) is 15.1. The lowest BCUT2D eigenvalue weighted by atomic mass is 9.87. The Labute approximate surface area is 139 Å². The van der Waals surface area contributed by atoms with Crippen LogP contribution in [0.1, 0.15) is 49.7 Å². The van der Waals surface area contributed by atoms with Gasteiger partial charge in [0, 0.05) is 6.54 Å². The van der Waals surface area contributed by atoms with Gasteiger partial charge in [-0.05, 0) is 99.0 Å². The van der Waals surface area contributed by atoms with E-state index in [0.29, 0.717) is 6.10 Å². The smallest absolute Gasteiger partial charge is 0.120 e. The summed E-state index contributed by atoms with van der Waals surface area (Å²) < 4.78 is 6.25. The fraction of sp³-hybridized carbons (Fsp3) is 0.600. The molecule has 4 rings (SSSR count). The second-order valence-electron chi connectivity index (χ2n) is 7.44. The van der Waals surface area contributed by atoms with Gasteiger partial charge in [-0.3, -0.25) is 0 Å². The molecule has 0 atom stereocenters. The highest BCUT2D eigenvalue weighted by molar-refractivity contribution is 5.57. The average molecular weight is 312 g/mol. The fourth-order valence-corrected chi connectivity index (χ4v) is 3.74. The molecular weight excluding hydrogens is 284 g/mol. The van der Waals surface area contributed by atoms with Crippen molar-refractivity contribution in [3.63, 3.8) is 0 Å². The normalized spacial score (nSPS) is 26.4. The monoisotopic (exact) mass is 312 g/mol. The molecule has 23 heavy (non-hydrogen) atoms. The van der Waals surface area contributed by atoms with Gasteiger partial charge in [-0.1, -0.05) is 6.07 Å². The van der Waals surface area contributed by atoms with Crippen molar-refractivity contribution in [2.45, 2.75) is 51.2 Å². The Morgan fingerprint density at radius 1 is 1.00 bits per heavy atom. The lowest BCUT2D eigenvalue weighted by Crippen LogP contribution is -2.31. The van der Waals surface area contributed by atoms with Gasteiger partial charge in [-0.2, -0.15) is 0 Å². The van der Waals surface area contributed by atoms with E-state index in [1.165, 1.54) is 62.7 Å². The summed E-state index contributed by atoms with van der Waals surface area (Å²) in [5.41, 5.74) is 2.64. The van der Waals surface area contributed by atoms with Crippen LogP contribution >= 0.6 is 0 Å². The number of rotatable bonds is 6. The van der Waals surface area contributed by atoms with Gasteiger partial charge in [0.2, 0.25) is 0 Å². The molecule has 124 valence electrons. The first-order valence-corrected chi connectivity index (χ1v) is 9.27. The van der Waals surface area contributed by atoms with E-state index in [1.54, 1.807) is 0 Å². The van der Waals surface area contributed by atoms with E-state index in [-0.39, 0.29) is 0 Å². The van der Waals surface area contributed by atoms with Crippen molar-refractivity contribution in [1.82, 2.24) is 10.6 Å². The molecule has 2 N–H and O–H groups in total. The minimum atomic E-state index is 0.401. The topological polar surface area (TPSA) is 33.3 Å². The molecule has 0 radical (unpaired) electrons. The maximum Gasteiger partial charge on any atom is 0.120 e. The largest absolute Gasteiger partial charge is 0.490 e. The molecule has 0 saturated heterocycles. The van der Waals surface area contributed by atoms with Gasteiger partial charge in [-0.25, -0.2) is 0 Å². The predicted octanol–water partition coefficient (Wildman–Crippen LogP) is 3.70. The van der Waals surface area contributed by atoms with Crippen molar-refractivity contribution in [2.24, 2.45) is 11.8 Å². The summed E-state index contributed by atoms with van der Waals surface area (Å²) in [5, 5.41) is 6.91. The number of fused-ring (bicyclic) bond motifs is 1. The van der Waals surface area contributed by atoms with Crippen LogP contribution in [0.25, 0.3) is 6.08 Å². The molecule has 0 aromatic heterocycles. The minimum absolute atomic E-state index is 0.401. The van der Waals surface area contributed by atoms with Gasteiger partial charge in [-0.15, -0.1) is 0 Å². The van der Waals surface area contributed by atoms with Crippen LogP contribution in [-0.2, 0) is 6.54 Å². The third kappa shape index (κ3) is 4.08.